The number of carbonyl (C=O) groups is 1. The third-order valence-electron chi connectivity index (χ3n) is 2.34. The molecule has 0 fully saturated rings. The van der Waals surface area contributed by atoms with Crippen LogP contribution in [0.5, 0.6) is 0 Å². The molecule has 1 aromatic heterocycles. The molecule has 0 aliphatic rings. The third kappa shape index (κ3) is 2.56. The molecule has 0 atom stereocenters. The van der Waals surface area contributed by atoms with Crippen LogP contribution in [-0.4, -0.2) is 20.6 Å². The number of hydrogen-bond acceptors (Lipinski definition) is 3. The van der Waals surface area contributed by atoms with E-state index in [0.29, 0.717) is 10.7 Å². The fraction of sp³-hybridized carbons (Fsp3) is 0. The van der Waals surface area contributed by atoms with Gasteiger partial charge in [-0.05, 0) is 46.9 Å². The topological polar surface area (TPSA) is 92.2 Å². The molecule has 0 aliphatic heterocycles. The molecule has 1 heterocycles. The molecule has 98 valence electrons. The number of carboxylic acid groups (broad SMARTS) is 1. The number of nitrogens with zero attached hydrogens (tertiary/aromatic N) is 1. The molecule has 0 spiro atoms. The van der Waals surface area contributed by atoms with Gasteiger partial charge in [0.2, 0.25) is 0 Å². The van der Waals surface area contributed by atoms with Gasteiger partial charge in [-0.25, -0.2) is 14.2 Å². The van der Waals surface area contributed by atoms with Crippen molar-refractivity contribution in [2.75, 3.05) is 0 Å². The van der Waals surface area contributed by atoms with E-state index in [2.05, 4.69) is 4.98 Å². The van der Waals surface area contributed by atoms with Gasteiger partial charge < -0.3 is 5.11 Å². The van der Waals surface area contributed by atoms with Crippen molar-refractivity contribution in [3.63, 3.8) is 0 Å². The number of hydrogen-bond donors (Lipinski definition) is 2. The summed E-state index contributed by atoms with van der Waals surface area (Å²) in [6.07, 6.45) is 0. The fourth-order valence-corrected chi connectivity index (χ4v) is 2.22. The summed E-state index contributed by atoms with van der Waals surface area (Å²) in [7, 11) is 0. The maximum absolute atomic E-state index is 12.0. The van der Waals surface area contributed by atoms with Crippen molar-refractivity contribution in [2.45, 2.75) is 0 Å². The summed E-state index contributed by atoms with van der Waals surface area (Å²) in [6, 6.07) is 6.05. The second kappa shape index (κ2) is 5.17. The summed E-state index contributed by atoms with van der Waals surface area (Å²) in [5, 5.41) is 9.33. The number of aromatic carboxylic acids is 1. The van der Waals surface area contributed by atoms with E-state index in [0.717, 1.165) is 4.57 Å². The predicted octanol–water partition coefficient (Wildman–Crippen LogP) is 1.48. The highest BCUT2D eigenvalue weighted by atomic mass is 127. The van der Waals surface area contributed by atoms with Gasteiger partial charge in [0.25, 0.3) is 5.56 Å². The van der Waals surface area contributed by atoms with Crippen LogP contribution in [0.15, 0.2) is 33.9 Å². The second-order valence-corrected chi connectivity index (χ2v) is 5.06. The molecule has 0 aliphatic carbocycles. The Balaban J connectivity index is 2.76. The molecule has 0 bridgehead atoms. The van der Waals surface area contributed by atoms with Crippen LogP contribution in [0, 0.1) is 3.57 Å². The number of benzene rings is 1. The van der Waals surface area contributed by atoms with Crippen molar-refractivity contribution in [1.82, 2.24) is 9.55 Å². The lowest BCUT2D eigenvalue weighted by Crippen LogP contribution is -2.37. The van der Waals surface area contributed by atoms with E-state index in [9.17, 15) is 14.4 Å². The average Bonchev–Trinajstić information content (AvgIpc) is 2.36. The van der Waals surface area contributed by atoms with Crippen molar-refractivity contribution in [3.05, 3.63) is 59.4 Å². The summed E-state index contributed by atoms with van der Waals surface area (Å²) in [5.41, 5.74) is -1.61. The van der Waals surface area contributed by atoms with Gasteiger partial charge in [0.05, 0.1) is 5.69 Å². The molecule has 0 amide bonds. The van der Waals surface area contributed by atoms with Crippen LogP contribution in [0.3, 0.4) is 0 Å². The Morgan fingerprint density at radius 3 is 2.37 bits per heavy atom. The van der Waals surface area contributed by atoms with Gasteiger partial charge in [0.15, 0.2) is 0 Å². The SMILES string of the molecule is O=C(O)c1[nH]c(=O)n(-c2ccc(Cl)cc2)c(=O)c1I. The highest BCUT2D eigenvalue weighted by Gasteiger charge is 2.17. The van der Waals surface area contributed by atoms with Gasteiger partial charge in [0.1, 0.15) is 9.26 Å². The van der Waals surface area contributed by atoms with Gasteiger partial charge in [-0.2, -0.15) is 0 Å². The molecule has 0 saturated carbocycles. The first-order valence-corrected chi connectivity index (χ1v) is 6.41. The molecule has 6 nitrogen and oxygen atoms in total. The maximum Gasteiger partial charge on any atom is 0.353 e. The minimum atomic E-state index is -1.36. The first-order chi connectivity index (χ1) is 8.91. The van der Waals surface area contributed by atoms with E-state index < -0.39 is 22.9 Å². The van der Waals surface area contributed by atoms with E-state index in [1.54, 1.807) is 22.6 Å². The minimum Gasteiger partial charge on any atom is -0.477 e. The van der Waals surface area contributed by atoms with Gasteiger partial charge in [-0.1, -0.05) is 11.6 Å². The zero-order valence-electron chi connectivity index (χ0n) is 9.18. The summed E-state index contributed by atoms with van der Waals surface area (Å²) in [6.45, 7) is 0. The number of halogens is 2. The Morgan fingerprint density at radius 1 is 1.26 bits per heavy atom. The molecular weight excluding hydrogens is 386 g/mol. The first-order valence-electron chi connectivity index (χ1n) is 4.96. The van der Waals surface area contributed by atoms with E-state index in [-0.39, 0.29) is 3.57 Å². The van der Waals surface area contributed by atoms with Crippen molar-refractivity contribution in [2.24, 2.45) is 0 Å². The van der Waals surface area contributed by atoms with Gasteiger partial charge in [0, 0.05) is 5.02 Å². The Hall–Kier alpha value is -1.61. The van der Waals surface area contributed by atoms with Gasteiger partial charge in [-0.15, -0.1) is 0 Å². The molecule has 8 heteroatoms. The number of carboxylic acids is 1. The zero-order chi connectivity index (χ0) is 14.2. The summed E-state index contributed by atoms with van der Waals surface area (Å²) in [5.74, 6) is -1.36. The molecule has 0 unspecified atom stereocenters. The monoisotopic (exact) mass is 392 g/mol. The molecule has 1 aromatic carbocycles. The number of H-pyrrole nitrogens is 1. The highest BCUT2D eigenvalue weighted by molar-refractivity contribution is 14.1. The van der Waals surface area contributed by atoms with Crippen molar-refractivity contribution in [3.8, 4) is 5.69 Å². The number of aromatic nitrogens is 2. The van der Waals surface area contributed by atoms with Crippen molar-refractivity contribution >= 4 is 40.2 Å². The van der Waals surface area contributed by atoms with E-state index >= 15 is 0 Å². The molecule has 2 N–H and O–H groups in total. The standard InChI is InChI=1S/C11H6ClIN2O4/c12-5-1-3-6(4-2-5)15-9(16)7(13)8(10(17)18)14-11(15)19/h1-4H,(H,14,19)(H,17,18). The van der Waals surface area contributed by atoms with Gasteiger partial charge >= 0.3 is 11.7 Å². The van der Waals surface area contributed by atoms with Crippen molar-refractivity contribution < 1.29 is 9.90 Å². The Kier molecular flexibility index (Phi) is 3.76. The molecule has 0 saturated heterocycles. The van der Waals surface area contributed by atoms with Crippen LogP contribution >= 0.6 is 34.2 Å². The van der Waals surface area contributed by atoms with Crippen LogP contribution < -0.4 is 11.2 Å². The highest BCUT2D eigenvalue weighted by Crippen LogP contribution is 2.11. The number of nitrogens with one attached hydrogen (secondary N) is 1. The Bertz CT molecular complexity index is 764. The maximum atomic E-state index is 12.0. The van der Waals surface area contributed by atoms with Crippen LogP contribution in [-0.2, 0) is 0 Å². The zero-order valence-corrected chi connectivity index (χ0v) is 12.1. The smallest absolute Gasteiger partial charge is 0.353 e. The lowest BCUT2D eigenvalue weighted by molar-refractivity contribution is 0.0688. The quantitative estimate of drug-likeness (QED) is 0.757. The molecule has 19 heavy (non-hydrogen) atoms. The molecule has 2 rings (SSSR count). The molecular formula is C11H6ClIN2O4. The van der Waals surface area contributed by atoms with Crippen LogP contribution in [0.2, 0.25) is 5.02 Å². The molecule has 0 radical (unpaired) electrons. The lowest BCUT2D eigenvalue weighted by atomic mass is 10.3. The summed E-state index contributed by atoms with van der Waals surface area (Å²) in [4.78, 5) is 36.9. The predicted molar refractivity (Wildman–Crippen MR) is 77.3 cm³/mol. The number of aromatic amines is 1. The first kappa shape index (κ1) is 13.8. The van der Waals surface area contributed by atoms with E-state index in [4.69, 9.17) is 16.7 Å². The van der Waals surface area contributed by atoms with E-state index in [1.807, 2.05) is 0 Å². The van der Waals surface area contributed by atoms with Gasteiger partial charge in [-0.3, -0.25) is 9.78 Å². The van der Waals surface area contributed by atoms with Crippen LogP contribution in [0.1, 0.15) is 10.5 Å². The normalized spacial score (nSPS) is 10.4. The fourth-order valence-electron chi connectivity index (χ4n) is 1.49. The van der Waals surface area contributed by atoms with E-state index in [1.165, 1.54) is 24.3 Å². The Morgan fingerprint density at radius 2 is 1.84 bits per heavy atom. The second-order valence-electron chi connectivity index (χ2n) is 3.54. The summed E-state index contributed by atoms with van der Waals surface area (Å²) < 4.78 is 0.782. The lowest BCUT2D eigenvalue weighted by Gasteiger charge is -2.06. The molecule has 2 aromatic rings. The summed E-state index contributed by atoms with van der Waals surface area (Å²) >= 11 is 7.31. The van der Waals surface area contributed by atoms with Crippen LogP contribution in [0.4, 0.5) is 0 Å². The minimum absolute atomic E-state index is 0.0698. The largest absolute Gasteiger partial charge is 0.477 e. The average molecular weight is 393 g/mol. The number of rotatable bonds is 2. The van der Waals surface area contributed by atoms with Crippen LogP contribution in [0.25, 0.3) is 5.69 Å². The van der Waals surface area contributed by atoms with Crippen molar-refractivity contribution in [1.29, 1.82) is 0 Å². The Labute approximate surface area is 124 Å². The third-order valence-corrected chi connectivity index (χ3v) is 3.60.